The predicted octanol–water partition coefficient (Wildman–Crippen LogP) is -0.550. The van der Waals surface area contributed by atoms with Gasteiger partial charge in [0.25, 0.3) is 0 Å². The molecule has 0 spiro atoms. The monoisotopic (exact) mass is 158 g/mol. The number of rotatable bonds is 1. The van der Waals surface area contributed by atoms with Gasteiger partial charge in [0.05, 0.1) is 6.10 Å². The van der Waals surface area contributed by atoms with Crippen LogP contribution in [0.5, 0.6) is 0 Å². The van der Waals surface area contributed by atoms with Gasteiger partial charge in [-0.1, -0.05) is 0 Å². The molecule has 11 heavy (non-hydrogen) atoms. The molecule has 0 bridgehead atoms. The molecule has 62 valence electrons. The lowest BCUT2D eigenvalue weighted by Gasteiger charge is -2.11. The second-order valence-electron chi connectivity index (χ2n) is 3.02. The first-order valence-electron chi connectivity index (χ1n) is 3.69. The fraction of sp³-hybridized carbons (Fsp3) is 0.857. The first-order chi connectivity index (χ1) is 5.18. The zero-order valence-corrected chi connectivity index (χ0v) is 6.19. The van der Waals surface area contributed by atoms with E-state index in [-0.39, 0.29) is 24.3 Å². The minimum absolute atomic E-state index is 0.0334. The van der Waals surface area contributed by atoms with Crippen molar-refractivity contribution in [1.82, 2.24) is 0 Å². The van der Waals surface area contributed by atoms with Gasteiger partial charge < -0.3 is 14.6 Å². The molecule has 0 radical (unpaired) electrons. The topological polar surface area (TPSA) is 59.1 Å². The third kappa shape index (κ3) is 1.12. The Labute approximate surface area is 64.1 Å². The molecule has 1 heterocycles. The summed E-state index contributed by atoms with van der Waals surface area (Å²) in [6.45, 7) is 1.36. The van der Waals surface area contributed by atoms with Gasteiger partial charge in [-0.3, -0.25) is 4.79 Å². The van der Waals surface area contributed by atoms with E-state index in [1.807, 2.05) is 0 Å². The molecule has 2 aliphatic rings. The highest BCUT2D eigenvalue weighted by Crippen LogP contribution is 2.40. The molecule has 1 N–H and O–H groups in total. The molecule has 0 aromatic heterocycles. The maximum Gasteiger partial charge on any atom is 0.302 e. The summed E-state index contributed by atoms with van der Waals surface area (Å²) in [6.07, 6.45) is -0.236. The van der Waals surface area contributed by atoms with Gasteiger partial charge in [0.15, 0.2) is 0 Å². The molecule has 2 rings (SSSR count). The van der Waals surface area contributed by atoms with Crippen LogP contribution in [-0.4, -0.2) is 35.5 Å². The number of hydrogen-bond acceptors (Lipinski definition) is 4. The largest absolute Gasteiger partial charge is 0.460 e. The van der Waals surface area contributed by atoms with Crippen LogP contribution in [0.15, 0.2) is 0 Å². The number of esters is 1. The molecular weight excluding hydrogens is 148 g/mol. The Bertz CT molecular complexity index is 191. The maximum atomic E-state index is 10.5. The van der Waals surface area contributed by atoms with Gasteiger partial charge in [0, 0.05) is 13.3 Å². The van der Waals surface area contributed by atoms with Gasteiger partial charge in [-0.2, -0.15) is 0 Å². The number of hydrogen-bond donors (Lipinski definition) is 1. The molecule has 0 aromatic carbocycles. The Balaban J connectivity index is 1.92. The maximum absolute atomic E-state index is 10.5. The van der Waals surface area contributed by atoms with Crippen LogP contribution in [0.1, 0.15) is 13.3 Å². The zero-order chi connectivity index (χ0) is 8.01. The van der Waals surface area contributed by atoms with Crippen LogP contribution in [-0.2, 0) is 14.3 Å². The molecule has 4 nitrogen and oxygen atoms in total. The summed E-state index contributed by atoms with van der Waals surface area (Å²) < 4.78 is 9.96. The quantitative estimate of drug-likeness (QED) is 0.411. The Morgan fingerprint density at radius 1 is 1.64 bits per heavy atom. The third-order valence-electron chi connectivity index (χ3n) is 2.10. The summed E-state index contributed by atoms with van der Waals surface area (Å²) in [5, 5.41) is 9.21. The smallest absolute Gasteiger partial charge is 0.302 e. The van der Waals surface area contributed by atoms with E-state index in [9.17, 15) is 9.90 Å². The van der Waals surface area contributed by atoms with Gasteiger partial charge in [0.1, 0.15) is 18.3 Å². The fourth-order valence-corrected chi connectivity index (χ4v) is 1.58. The van der Waals surface area contributed by atoms with Crippen molar-refractivity contribution in [2.75, 3.05) is 0 Å². The Morgan fingerprint density at radius 2 is 2.36 bits per heavy atom. The summed E-state index contributed by atoms with van der Waals surface area (Å²) in [6, 6.07) is 0. The normalized spacial score (nSPS) is 46.7. The third-order valence-corrected chi connectivity index (χ3v) is 2.10. The second-order valence-corrected chi connectivity index (χ2v) is 3.02. The lowest BCUT2D eigenvalue weighted by atomic mass is 10.3. The van der Waals surface area contributed by atoms with Crippen molar-refractivity contribution in [3.8, 4) is 0 Å². The van der Waals surface area contributed by atoms with Crippen molar-refractivity contribution in [3.63, 3.8) is 0 Å². The summed E-state index contributed by atoms with van der Waals surface area (Å²) in [7, 11) is 0. The van der Waals surface area contributed by atoms with Gasteiger partial charge in [-0.05, 0) is 0 Å². The van der Waals surface area contributed by atoms with Gasteiger partial charge >= 0.3 is 5.97 Å². The van der Waals surface area contributed by atoms with Crippen LogP contribution in [0.25, 0.3) is 0 Å². The molecule has 0 amide bonds. The summed E-state index contributed by atoms with van der Waals surface area (Å²) >= 11 is 0. The van der Waals surface area contributed by atoms with Crippen LogP contribution in [0.2, 0.25) is 0 Å². The van der Waals surface area contributed by atoms with Crippen molar-refractivity contribution in [2.45, 2.75) is 37.8 Å². The highest BCUT2D eigenvalue weighted by atomic mass is 16.6. The van der Waals surface area contributed by atoms with E-state index in [1.165, 1.54) is 6.92 Å². The van der Waals surface area contributed by atoms with E-state index in [0.29, 0.717) is 6.42 Å². The molecule has 0 unspecified atom stereocenters. The second kappa shape index (κ2) is 2.19. The van der Waals surface area contributed by atoms with Gasteiger partial charge in [0.2, 0.25) is 0 Å². The van der Waals surface area contributed by atoms with Crippen LogP contribution in [0, 0.1) is 0 Å². The Hall–Kier alpha value is -0.610. The van der Waals surface area contributed by atoms with Crippen molar-refractivity contribution < 1.29 is 19.4 Å². The number of aliphatic hydroxyl groups excluding tert-OH is 1. The fourth-order valence-electron chi connectivity index (χ4n) is 1.58. The molecule has 4 atom stereocenters. The molecule has 1 saturated heterocycles. The van der Waals surface area contributed by atoms with Crippen molar-refractivity contribution in [1.29, 1.82) is 0 Å². The van der Waals surface area contributed by atoms with E-state index in [2.05, 4.69) is 0 Å². The molecule has 1 aliphatic carbocycles. The first kappa shape index (κ1) is 7.06. The highest BCUT2D eigenvalue weighted by Gasteiger charge is 2.57. The number of fused-ring (bicyclic) bond motifs is 1. The summed E-state index contributed by atoms with van der Waals surface area (Å²) in [5.41, 5.74) is 0. The predicted molar refractivity (Wildman–Crippen MR) is 34.8 cm³/mol. The summed E-state index contributed by atoms with van der Waals surface area (Å²) in [4.78, 5) is 10.5. The van der Waals surface area contributed by atoms with E-state index in [4.69, 9.17) is 9.47 Å². The van der Waals surface area contributed by atoms with Crippen molar-refractivity contribution in [2.24, 2.45) is 0 Å². The molecule has 1 saturated carbocycles. The van der Waals surface area contributed by atoms with Gasteiger partial charge in [-0.25, -0.2) is 0 Å². The lowest BCUT2D eigenvalue weighted by molar-refractivity contribution is -0.148. The summed E-state index contributed by atoms with van der Waals surface area (Å²) in [5.74, 6) is -0.307. The molecular formula is C7H10O4. The van der Waals surface area contributed by atoms with Crippen LogP contribution in [0.4, 0.5) is 0 Å². The highest BCUT2D eigenvalue weighted by molar-refractivity contribution is 5.66. The van der Waals surface area contributed by atoms with E-state index in [0.717, 1.165) is 0 Å². The molecule has 0 aromatic rings. The Morgan fingerprint density at radius 3 is 2.73 bits per heavy atom. The standard InChI is InChI=1S/C7H10O4/c1-3(8)10-5-2-4(9)6-7(5)11-6/h4-7,9H,2H2,1H3/t4-,5+,6+,7-/m1/s1. The SMILES string of the molecule is CC(=O)O[C@H]1C[C@@H](O)[C@@H]2O[C@@H]21. The van der Waals surface area contributed by atoms with E-state index < -0.39 is 6.10 Å². The zero-order valence-electron chi connectivity index (χ0n) is 6.19. The average molecular weight is 158 g/mol. The number of aliphatic hydroxyl groups is 1. The van der Waals surface area contributed by atoms with Crippen molar-refractivity contribution >= 4 is 5.97 Å². The minimum Gasteiger partial charge on any atom is -0.460 e. The number of carbonyl (C=O) groups is 1. The lowest BCUT2D eigenvalue weighted by Crippen LogP contribution is -2.21. The molecule has 4 heteroatoms. The molecule has 1 aliphatic heterocycles. The van der Waals surface area contributed by atoms with E-state index >= 15 is 0 Å². The van der Waals surface area contributed by atoms with Gasteiger partial charge in [-0.15, -0.1) is 0 Å². The number of carbonyl (C=O) groups excluding carboxylic acids is 1. The van der Waals surface area contributed by atoms with E-state index in [1.54, 1.807) is 0 Å². The molecule has 2 fully saturated rings. The first-order valence-corrected chi connectivity index (χ1v) is 3.69. The minimum atomic E-state index is -0.440. The van der Waals surface area contributed by atoms with Crippen LogP contribution < -0.4 is 0 Å². The van der Waals surface area contributed by atoms with Crippen LogP contribution in [0.3, 0.4) is 0 Å². The van der Waals surface area contributed by atoms with Crippen LogP contribution >= 0.6 is 0 Å². The Kier molecular flexibility index (Phi) is 1.40. The number of ether oxygens (including phenoxy) is 2. The number of epoxide rings is 1. The average Bonchev–Trinajstić information content (AvgIpc) is 2.57. The van der Waals surface area contributed by atoms with Crippen molar-refractivity contribution in [3.05, 3.63) is 0 Å².